The van der Waals surface area contributed by atoms with Gasteiger partial charge in [-0.25, -0.2) is 12.9 Å². The lowest BCUT2D eigenvalue weighted by Gasteiger charge is -2.11. The van der Waals surface area contributed by atoms with Crippen molar-refractivity contribution in [2.24, 2.45) is 7.05 Å². The SMILES string of the molecule is CCS(=O)(=O)c1ccc(O)c(NC(=O)c2cnn3cc(-c4cnn(C)c4)cc(OC)c23)c1. The van der Waals surface area contributed by atoms with Crippen LogP contribution in [0.3, 0.4) is 0 Å². The minimum atomic E-state index is -3.51. The van der Waals surface area contributed by atoms with Gasteiger partial charge in [0.15, 0.2) is 9.84 Å². The van der Waals surface area contributed by atoms with Crippen LogP contribution in [0.5, 0.6) is 11.5 Å². The molecule has 0 spiro atoms. The Hall–Kier alpha value is -3.86. The molecule has 2 N–H and O–H groups in total. The van der Waals surface area contributed by atoms with Crippen molar-refractivity contribution in [2.75, 3.05) is 18.2 Å². The van der Waals surface area contributed by atoms with Gasteiger partial charge >= 0.3 is 0 Å². The number of pyridine rings is 1. The number of amides is 1. The zero-order valence-electron chi connectivity index (χ0n) is 17.6. The third-order valence-electron chi connectivity index (χ3n) is 5.03. The number of rotatable bonds is 6. The van der Waals surface area contributed by atoms with Crippen LogP contribution in [0, 0.1) is 0 Å². The highest BCUT2D eigenvalue weighted by Gasteiger charge is 2.21. The van der Waals surface area contributed by atoms with Crippen LogP contribution in [0.2, 0.25) is 0 Å². The predicted octanol–water partition coefficient (Wildman–Crippen LogP) is 2.49. The largest absolute Gasteiger partial charge is 0.506 e. The summed E-state index contributed by atoms with van der Waals surface area (Å²) in [4.78, 5) is 13.0. The van der Waals surface area contributed by atoms with Gasteiger partial charge < -0.3 is 15.2 Å². The van der Waals surface area contributed by atoms with Gasteiger partial charge in [0.05, 0.1) is 41.4 Å². The number of anilines is 1. The van der Waals surface area contributed by atoms with Gasteiger partial charge in [-0.1, -0.05) is 6.92 Å². The Balaban J connectivity index is 1.73. The third kappa shape index (κ3) is 3.78. The second-order valence-corrected chi connectivity index (χ2v) is 9.37. The summed E-state index contributed by atoms with van der Waals surface area (Å²) in [6.07, 6.45) is 6.68. The fourth-order valence-electron chi connectivity index (χ4n) is 3.30. The van der Waals surface area contributed by atoms with Crippen molar-refractivity contribution in [3.63, 3.8) is 0 Å². The number of aromatic nitrogens is 4. The summed E-state index contributed by atoms with van der Waals surface area (Å²) >= 11 is 0. The van der Waals surface area contributed by atoms with Crippen LogP contribution in [0.4, 0.5) is 5.69 Å². The Kier molecular flexibility index (Phi) is 5.35. The van der Waals surface area contributed by atoms with E-state index in [-0.39, 0.29) is 27.6 Å². The molecule has 0 saturated carbocycles. The maximum atomic E-state index is 13.0. The number of methoxy groups -OCH3 is 1. The highest BCUT2D eigenvalue weighted by atomic mass is 32.2. The van der Waals surface area contributed by atoms with E-state index in [0.29, 0.717) is 11.3 Å². The van der Waals surface area contributed by atoms with Gasteiger partial charge in [0.1, 0.15) is 17.0 Å². The fraction of sp³-hybridized carbons (Fsp3) is 0.190. The molecule has 0 radical (unpaired) electrons. The monoisotopic (exact) mass is 455 g/mol. The number of fused-ring (bicyclic) bond motifs is 1. The topological polar surface area (TPSA) is 128 Å². The van der Waals surface area contributed by atoms with Gasteiger partial charge in [0.2, 0.25) is 0 Å². The highest BCUT2D eigenvalue weighted by Crippen LogP contribution is 2.31. The maximum Gasteiger partial charge on any atom is 0.259 e. The average molecular weight is 455 g/mol. The van der Waals surface area contributed by atoms with E-state index in [1.54, 1.807) is 23.1 Å². The van der Waals surface area contributed by atoms with E-state index in [4.69, 9.17) is 4.74 Å². The number of phenolic OH excluding ortho intramolecular Hbond substituents is 1. The molecule has 11 heteroatoms. The normalized spacial score (nSPS) is 11.6. The van der Waals surface area contributed by atoms with Crippen molar-refractivity contribution < 1.29 is 23.1 Å². The molecule has 0 aliphatic carbocycles. The molecule has 0 aliphatic heterocycles. The van der Waals surface area contributed by atoms with Gasteiger partial charge in [-0.2, -0.15) is 10.2 Å². The van der Waals surface area contributed by atoms with Gasteiger partial charge in [-0.15, -0.1) is 0 Å². The van der Waals surface area contributed by atoms with E-state index < -0.39 is 15.7 Å². The molecule has 32 heavy (non-hydrogen) atoms. The minimum absolute atomic E-state index is 0.00616. The van der Waals surface area contributed by atoms with E-state index in [0.717, 1.165) is 11.1 Å². The summed E-state index contributed by atoms with van der Waals surface area (Å²) in [6.45, 7) is 1.52. The number of hydrogen-bond acceptors (Lipinski definition) is 7. The van der Waals surface area contributed by atoms with Crippen LogP contribution in [0.25, 0.3) is 16.6 Å². The second-order valence-electron chi connectivity index (χ2n) is 7.09. The highest BCUT2D eigenvalue weighted by molar-refractivity contribution is 7.91. The first-order chi connectivity index (χ1) is 15.2. The summed E-state index contributed by atoms with van der Waals surface area (Å²) in [5.74, 6) is -0.514. The molecule has 1 aromatic carbocycles. The number of nitrogens with zero attached hydrogens (tertiary/aromatic N) is 4. The summed E-state index contributed by atoms with van der Waals surface area (Å²) in [6, 6.07) is 5.53. The summed E-state index contributed by atoms with van der Waals surface area (Å²) in [5, 5.41) is 21.1. The Morgan fingerprint density at radius 2 is 1.94 bits per heavy atom. The fourth-order valence-corrected chi connectivity index (χ4v) is 4.21. The molecule has 0 unspecified atom stereocenters. The Morgan fingerprint density at radius 1 is 1.16 bits per heavy atom. The Morgan fingerprint density at radius 3 is 2.59 bits per heavy atom. The molecule has 0 fully saturated rings. The van der Waals surface area contributed by atoms with E-state index in [1.807, 2.05) is 13.2 Å². The lowest BCUT2D eigenvalue weighted by atomic mass is 10.1. The number of sulfone groups is 1. The van der Waals surface area contributed by atoms with Crippen molar-refractivity contribution in [1.82, 2.24) is 19.4 Å². The molecular formula is C21H21N5O5S. The third-order valence-corrected chi connectivity index (χ3v) is 6.77. The first kappa shape index (κ1) is 21.4. The van der Waals surface area contributed by atoms with Crippen molar-refractivity contribution in [1.29, 1.82) is 0 Å². The molecule has 0 saturated heterocycles. The van der Waals surface area contributed by atoms with Crippen LogP contribution in [-0.2, 0) is 16.9 Å². The molecule has 166 valence electrons. The first-order valence-corrected chi connectivity index (χ1v) is 11.3. The average Bonchev–Trinajstić information content (AvgIpc) is 3.40. The number of benzene rings is 1. The molecule has 4 aromatic rings. The molecule has 0 atom stereocenters. The smallest absolute Gasteiger partial charge is 0.259 e. The van der Waals surface area contributed by atoms with Gasteiger partial charge in [-0.3, -0.25) is 9.48 Å². The van der Waals surface area contributed by atoms with E-state index in [2.05, 4.69) is 15.5 Å². The Labute approximate surface area is 184 Å². The molecule has 0 bridgehead atoms. The van der Waals surface area contributed by atoms with Crippen LogP contribution in [0.15, 0.2) is 53.9 Å². The molecule has 3 heterocycles. The lowest BCUT2D eigenvalue weighted by Crippen LogP contribution is -2.13. The van der Waals surface area contributed by atoms with Gasteiger partial charge in [0.25, 0.3) is 5.91 Å². The molecule has 0 aliphatic rings. The number of carbonyl (C=O) groups is 1. The number of nitrogens with one attached hydrogen (secondary N) is 1. The maximum absolute atomic E-state index is 13.0. The second kappa shape index (κ2) is 8.00. The molecule has 3 aromatic heterocycles. The van der Waals surface area contributed by atoms with E-state index >= 15 is 0 Å². The number of ether oxygens (including phenoxy) is 1. The molecule has 1 amide bonds. The molecule has 4 rings (SSSR count). The lowest BCUT2D eigenvalue weighted by molar-refractivity contribution is 0.102. The van der Waals surface area contributed by atoms with Crippen LogP contribution >= 0.6 is 0 Å². The van der Waals surface area contributed by atoms with E-state index in [9.17, 15) is 18.3 Å². The molecular weight excluding hydrogens is 434 g/mol. The number of phenols is 1. The summed E-state index contributed by atoms with van der Waals surface area (Å²) in [5.41, 5.74) is 2.26. The quantitative estimate of drug-likeness (QED) is 0.428. The minimum Gasteiger partial charge on any atom is -0.506 e. The zero-order chi connectivity index (χ0) is 23.0. The first-order valence-electron chi connectivity index (χ1n) is 9.65. The van der Waals surface area contributed by atoms with Crippen LogP contribution in [-0.4, -0.2) is 51.7 Å². The number of hydrogen-bond donors (Lipinski definition) is 2. The standard InChI is InChI=1S/C21H21N5O5S/c1-4-32(29,30)15-5-6-18(27)17(8-15)24-21(28)16-10-23-26-12-13(7-19(31-3)20(16)26)14-9-22-25(2)11-14/h5-12,27H,4H2,1-3H3,(H,24,28). The number of aromatic hydroxyl groups is 1. The van der Waals surface area contributed by atoms with Gasteiger partial charge in [0, 0.05) is 30.6 Å². The van der Waals surface area contributed by atoms with Crippen LogP contribution in [0.1, 0.15) is 17.3 Å². The number of aryl methyl sites for hydroxylation is 1. The van der Waals surface area contributed by atoms with E-state index in [1.165, 1.54) is 42.9 Å². The van der Waals surface area contributed by atoms with Crippen molar-refractivity contribution in [3.05, 3.63) is 54.6 Å². The predicted molar refractivity (Wildman–Crippen MR) is 118 cm³/mol. The van der Waals surface area contributed by atoms with Crippen molar-refractivity contribution in [2.45, 2.75) is 11.8 Å². The summed E-state index contributed by atoms with van der Waals surface area (Å²) in [7, 11) is -0.208. The van der Waals surface area contributed by atoms with Crippen LogP contribution < -0.4 is 10.1 Å². The zero-order valence-corrected chi connectivity index (χ0v) is 18.4. The van der Waals surface area contributed by atoms with Gasteiger partial charge in [-0.05, 0) is 24.3 Å². The Bertz CT molecular complexity index is 1440. The van der Waals surface area contributed by atoms with Crippen molar-refractivity contribution >= 4 is 26.9 Å². The number of carbonyl (C=O) groups excluding carboxylic acids is 1. The summed E-state index contributed by atoms with van der Waals surface area (Å²) < 4.78 is 33.0. The van der Waals surface area contributed by atoms with Crippen molar-refractivity contribution in [3.8, 4) is 22.6 Å². The molecule has 10 nitrogen and oxygen atoms in total.